The van der Waals surface area contributed by atoms with Crippen LogP contribution in [0.3, 0.4) is 0 Å². The van der Waals surface area contributed by atoms with Crippen molar-refractivity contribution in [1.82, 2.24) is 0 Å². The average Bonchev–Trinajstić information content (AvgIpc) is 3.17. The van der Waals surface area contributed by atoms with Crippen LogP contribution in [-0.4, -0.2) is 11.8 Å². The van der Waals surface area contributed by atoms with Crippen molar-refractivity contribution >= 4 is 44.6 Å². The number of fused-ring (bicyclic) bond motifs is 2. The molecule has 0 unspecified atom stereocenters. The number of hydrogen-bond acceptors (Lipinski definition) is 3. The molecule has 1 aliphatic rings. The predicted molar refractivity (Wildman–Crippen MR) is 132 cm³/mol. The minimum atomic E-state index is -0.180. The molecule has 5 heteroatoms. The first-order valence-corrected chi connectivity index (χ1v) is 11.7. The van der Waals surface area contributed by atoms with Gasteiger partial charge >= 0.3 is 0 Å². The van der Waals surface area contributed by atoms with Crippen LogP contribution in [0.5, 0.6) is 0 Å². The van der Waals surface area contributed by atoms with Crippen LogP contribution in [0.1, 0.15) is 49.6 Å². The highest BCUT2D eigenvalue weighted by Crippen LogP contribution is 2.39. The van der Waals surface area contributed by atoms with Crippen molar-refractivity contribution < 1.29 is 9.59 Å². The Labute approximate surface area is 191 Å². The summed E-state index contributed by atoms with van der Waals surface area (Å²) in [6, 6.07) is 21.4. The van der Waals surface area contributed by atoms with Crippen molar-refractivity contribution in [3.8, 4) is 0 Å². The predicted octanol–water partition coefficient (Wildman–Crippen LogP) is 6.59. The number of rotatable bonds is 4. The lowest BCUT2D eigenvalue weighted by Gasteiger charge is -2.14. The first kappa shape index (κ1) is 20.5. The van der Waals surface area contributed by atoms with Gasteiger partial charge in [0.25, 0.3) is 11.8 Å². The van der Waals surface area contributed by atoms with E-state index in [1.165, 1.54) is 4.88 Å². The highest BCUT2D eigenvalue weighted by atomic mass is 32.1. The molecule has 3 aromatic carbocycles. The van der Waals surface area contributed by atoms with Crippen molar-refractivity contribution in [1.29, 1.82) is 0 Å². The summed E-state index contributed by atoms with van der Waals surface area (Å²) in [5.41, 5.74) is 4.01. The molecule has 0 bridgehead atoms. The number of nitrogens with one attached hydrogen (secondary N) is 2. The van der Waals surface area contributed by atoms with E-state index in [0.717, 1.165) is 53.3 Å². The number of anilines is 2. The van der Waals surface area contributed by atoms with E-state index >= 15 is 0 Å². The van der Waals surface area contributed by atoms with Gasteiger partial charge in [-0.3, -0.25) is 9.59 Å². The van der Waals surface area contributed by atoms with Crippen LogP contribution in [0, 0.1) is 6.92 Å². The number of carbonyl (C=O) groups is 2. The molecule has 1 aliphatic carbocycles. The van der Waals surface area contributed by atoms with Gasteiger partial charge in [0.15, 0.2) is 0 Å². The molecular weight excluding hydrogens is 416 g/mol. The Morgan fingerprint density at radius 3 is 2.44 bits per heavy atom. The van der Waals surface area contributed by atoms with E-state index in [-0.39, 0.29) is 11.8 Å². The normalized spacial score (nSPS) is 12.9. The summed E-state index contributed by atoms with van der Waals surface area (Å²) in [5, 5.41) is 8.88. The van der Waals surface area contributed by atoms with Crippen LogP contribution < -0.4 is 10.6 Å². The zero-order valence-electron chi connectivity index (χ0n) is 17.9. The smallest absolute Gasteiger partial charge is 0.258 e. The van der Waals surface area contributed by atoms with E-state index in [1.54, 1.807) is 11.3 Å². The summed E-state index contributed by atoms with van der Waals surface area (Å²) in [4.78, 5) is 27.8. The average molecular weight is 441 g/mol. The molecule has 4 nitrogen and oxygen atoms in total. The Balaban J connectivity index is 1.51. The fourth-order valence-corrected chi connectivity index (χ4v) is 5.69. The summed E-state index contributed by atoms with van der Waals surface area (Å²) in [6.07, 6.45) is 3.99. The second kappa shape index (κ2) is 8.60. The number of amides is 2. The number of carbonyl (C=O) groups excluding carboxylic acids is 2. The molecule has 5 rings (SSSR count). The molecule has 0 saturated carbocycles. The Morgan fingerprint density at radius 2 is 1.56 bits per heavy atom. The van der Waals surface area contributed by atoms with Gasteiger partial charge in [-0.05, 0) is 61.3 Å². The van der Waals surface area contributed by atoms with Gasteiger partial charge in [-0.25, -0.2) is 0 Å². The molecular formula is C27H24N2O2S. The third-order valence-corrected chi connectivity index (χ3v) is 7.26. The van der Waals surface area contributed by atoms with Gasteiger partial charge in [-0.2, -0.15) is 0 Å². The monoisotopic (exact) mass is 440 g/mol. The molecule has 0 saturated heterocycles. The van der Waals surface area contributed by atoms with Crippen molar-refractivity contribution in [2.75, 3.05) is 10.6 Å². The molecule has 160 valence electrons. The number of benzene rings is 3. The molecule has 2 amide bonds. The molecule has 0 fully saturated rings. The van der Waals surface area contributed by atoms with Gasteiger partial charge in [0.1, 0.15) is 5.00 Å². The van der Waals surface area contributed by atoms with E-state index in [4.69, 9.17) is 0 Å². The largest absolute Gasteiger partial charge is 0.321 e. The van der Waals surface area contributed by atoms with Gasteiger partial charge in [0.2, 0.25) is 0 Å². The van der Waals surface area contributed by atoms with Crippen LogP contribution >= 0.6 is 11.3 Å². The topological polar surface area (TPSA) is 58.2 Å². The second-order valence-corrected chi connectivity index (χ2v) is 9.27. The van der Waals surface area contributed by atoms with Gasteiger partial charge in [-0.1, -0.05) is 54.6 Å². The third kappa shape index (κ3) is 3.80. The molecule has 0 radical (unpaired) electrons. The third-order valence-electron chi connectivity index (χ3n) is 6.05. The molecule has 0 aliphatic heterocycles. The second-order valence-electron chi connectivity index (χ2n) is 8.16. The zero-order chi connectivity index (χ0) is 22.1. The molecule has 32 heavy (non-hydrogen) atoms. The number of aryl methyl sites for hydroxylation is 2. The highest BCUT2D eigenvalue weighted by molar-refractivity contribution is 7.17. The van der Waals surface area contributed by atoms with Crippen LogP contribution in [0.4, 0.5) is 10.7 Å². The molecule has 2 N–H and O–H groups in total. The number of hydrogen-bond donors (Lipinski definition) is 2. The Bertz CT molecular complexity index is 1330. The first-order valence-electron chi connectivity index (χ1n) is 10.9. The van der Waals surface area contributed by atoms with Gasteiger partial charge < -0.3 is 10.6 Å². The van der Waals surface area contributed by atoms with E-state index < -0.39 is 0 Å². The van der Waals surface area contributed by atoms with Gasteiger partial charge in [0, 0.05) is 21.5 Å². The molecule has 1 heterocycles. The molecule has 0 spiro atoms. The van der Waals surface area contributed by atoms with Crippen molar-refractivity contribution in [3.05, 3.63) is 93.9 Å². The standard InChI is InChI=1S/C27H24N2O2S/c1-17-9-2-4-12-19(17)25(30)29-27-24(21-14-6-7-16-23(21)32-27)26(31)28-22-15-8-11-18-10-3-5-13-20(18)22/h2-5,8-13,15H,6-7,14,16H2,1H3,(H,28,31)(H,29,30). The fraction of sp³-hybridized carbons (Fsp3) is 0.185. The molecule has 4 aromatic rings. The Kier molecular flexibility index (Phi) is 5.50. The maximum absolute atomic E-state index is 13.5. The summed E-state index contributed by atoms with van der Waals surface area (Å²) in [7, 11) is 0. The SMILES string of the molecule is Cc1ccccc1C(=O)Nc1sc2c(c1C(=O)Nc1cccc3ccccc13)CCCC2. The van der Waals surface area contributed by atoms with Crippen molar-refractivity contribution in [3.63, 3.8) is 0 Å². The first-order chi connectivity index (χ1) is 15.6. The lowest BCUT2D eigenvalue weighted by Crippen LogP contribution is -2.19. The summed E-state index contributed by atoms with van der Waals surface area (Å²) in [6.45, 7) is 1.92. The van der Waals surface area contributed by atoms with E-state index in [9.17, 15) is 9.59 Å². The van der Waals surface area contributed by atoms with E-state index in [2.05, 4.69) is 10.6 Å². The van der Waals surface area contributed by atoms with Crippen LogP contribution in [0.2, 0.25) is 0 Å². The minimum Gasteiger partial charge on any atom is -0.321 e. The van der Waals surface area contributed by atoms with Gasteiger partial charge in [0.05, 0.1) is 5.56 Å². The van der Waals surface area contributed by atoms with Crippen LogP contribution in [-0.2, 0) is 12.8 Å². The summed E-state index contributed by atoms with van der Waals surface area (Å²) >= 11 is 1.54. The van der Waals surface area contributed by atoms with E-state index in [1.807, 2.05) is 73.7 Å². The summed E-state index contributed by atoms with van der Waals surface area (Å²) in [5.74, 6) is -0.346. The molecule has 1 aromatic heterocycles. The highest BCUT2D eigenvalue weighted by Gasteiger charge is 2.27. The fourth-order valence-electron chi connectivity index (χ4n) is 4.41. The van der Waals surface area contributed by atoms with Gasteiger partial charge in [-0.15, -0.1) is 11.3 Å². The quantitative estimate of drug-likeness (QED) is 0.376. The van der Waals surface area contributed by atoms with Crippen LogP contribution in [0.15, 0.2) is 66.7 Å². The zero-order valence-corrected chi connectivity index (χ0v) is 18.7. The maximum atomic E-state index is 13.5. The maximum Gasteiger partial charge on any atom is 0.258 e. The molecule has 0 atom stereocenters. The number of thiophene rings is 1. The summed E-state index contributed by atoms with van der Waals surface area (Å²) < 4.78 is 0. The van der Waals surface area contributed by atoms with Crippen molar-refractivity contribution in [2.45, 2.75) is 32.6 Å². The van der Waals surface area contributed by atoms with Crippen LogP contribution in [0.25, 0.3) is 10.8 Å². The lowest BCUT2D eigenvalue weighted by molar-refractivity contribution is 0.102. The van der Waals surface area contributed by atoms with Crippen molar-refractivity contribution in [2.24, 2.45) is 0 Å². The Hall–Kier alpha value is -3.44. The lowest BCUT2D eigenvalue weighted by atomic mass is 9.95. The Morgan fingerprint density at radius 1 is 0.812 bits per heavy atom. The van der Waals surface area contributed by atoms with E-state index in [0.29, 0.717) is 16.1 Å². The minimum absolute atomic E-state index is 0.166.